The van der Waals surface area contributed by atoms with E-state index in [-0.39, 0.29) is 18.4 Å². The second-order valence-electron chi connectivity index (χ2n) is 4.19. The maximum absolute atomic E-state index is 12.3. The minimum Gasteiger partial charge on any atom is -0.316 e. The molecule has 1 saturated heterocycles. The maximum atomic E-state index is 12.3. The molecule has 1 aliphatic rings. The summed E-state index contributed by atoms with van der Waals surface area (Å²) in [5, 5.41) is 3.93. The van der Waals surface area contributed by atoms with Gasteiger partial charge in [0.25, 0.3) is 10.0 Å². The maximum Gasteiger partial charge on any atom is 0.254 e. The average molecular weight is 312 g/mol. The van der Waals surface area contributed by atoms with E-state index >= 15 is 0 Å². The number of piperidine rings is 1. The highest BCUT2D eigenvalue weighted by Gasteiger charge is 2.30. The molecule has 0 bridgehead atoms. The lowest BCUT2D eigenvalue weighted by molar-refractivity contribution is 0.293. The summed E-state index contributed by atoms with van der Waals surface area (Å²) in [6, 6.07) is 0.257. The van der Waals surface area contributed by atoms with Crippen LogP contribution in [0.1, 0.15) is 17.8 Å². The number of nitrogens with one attached hydrogen (secondary N) is 1. The van der Waals surface area contributed by atoms with Crippen molar-refractivity contribution in [3.05, 3.63) is 11.2 Å². The highest BCUT2D eigenvalue weighted by atomic mass is 35.5. The van der Waals surface area contributed by atoms with Crippen LogP contribution >= 0.6 is 23.7 Å². The van der Waals surface area contributed by atoms with E-state index in [2.05, 4.69) is 10.3 Å². The number of aryl methyl sites for hydroxylation is 1. The number of nitrogens with zero attached hydrogens (tertiary/aromatic N) is 2. The zero-order chi connectivity index (χ0) is 12.5. The van der Waals surface area contributed by atoms with Gasteiger partial charge in [-0.2, -0.15) is 4.31 Å². The molecular formula is C10H18ClN3O2S2. The first-order chi connectivity index (χ1) is 8.04. The van der Waals surface area contributed by atoms with Crippen molar-refractivity contribution in [1.82, 2.24) is 14.6 Å². The normalized spacial score (nSPS) is 21.6. The van der Waals surface area contributed by atoms with Crippen LogP contribution in [0.25, 0.3) is 0 Å². The zero-order valence-corrected chi connectivity index (χ0v) is 12.9. The third kappa shape index (κ3) is 3.21. The Morgan fingerprint density at radius 3 is 2.83 bits per heavy atom. The number of halogens is 1. The Morgan fingerprint density at radius 1 is 1.56 bits per heavy atom. The van der Waals surface area contributed by atoms with E-state index in [1.54, 1.807) is 4.31 Å². The van der Waals surface area contributed by atoms with Crippen molar-refractivity contribution >= 4 is 33.8 Å². The number of sulfonamides is 1. The molecule has 0 spiro atoms. The lowest BCUT2D eigenvalue weighted by Gasteiger charge is -2.31. The van der Waals surface area contributed by atoms with Gasteiger partial charge in [0.05, 0.1) is 11.2 Å². The number of thiazole rings is 1. The molecular weight excluding hydrogens is 294 g/mol. The summed E-state index contributed by atoms with van der Waals surface area (Å²) in [6.45, 7) is 2.98. The smallest absolute Gasteiger partial charge is 0.254 e. The van der Waals surface area contributed by atoms with E-state index in [1.807, 2.05) is 14.0 Å². The lowest BCUT2D eigenvalue weighted by atomic mass is 10.1. The van der Waals surface area contributed by atoms with Gasteiger partial charge in [0, 0.05) is 19.1 Å². The predicted octanol–water partition coefficient (Wildman–Crippen LogP) is 1.25. The van der Waals surface area contributed by atoms with Gasteiger partial charge in [0.2, 0.25) is 0 Å². The van der Waals surface area contributed by atoms with Crippen LogP contribution in [0.15, 0.2) is 10.4 Å². The van der Waals surface area contributed by atoms with Crippen molar-refractivity contribution < 1.29 is 8.42 Å². The number of aromatic nitrogens is 1. The summed E-state index contributed by atoms with van der Waals surface area (Å²) in [4.78, 5) is 4.01. The Bertz CT molecular complexity index is 489. The predicted molar refractivity (Wildman–Crippen MR) is 74.9 cm³/mol. The number of hydrogen-bond acceptors (Lipinski definition) is 5. The first kappa shape index (κ1) is 15.8. The summed E-state index contributed by atoms with van der Waals surface area (Å²) >= 11 is 1.24. The molecule has 1 aromatic heterocycles. The monoisotopic (exact) mass is 311 g/mol. The Labute approximate surface area is 118 Å². The van der Waals surface area contributed by atoms with Crippen LogP contribution in [0.4, 0.5) is 0 Å². The van der Waals surface area contributed by atoms with Crippen molar-refractivity contribution in [2.24, 2.45) is 0 Å². The molecule has 2 heterocycles. The molecule has 0 aromatic carbocycles. The third-order valence-electron chi connectivity index (χ3n) is 2.99. The van der Waals surface area contributed by atoms with Crippen LogP contribution in [0.2, 0.25) is 0 Å². The van der Waals surface area contributed by atoms with E-state index in [4.69, 9.17) is 0 Å². The fourth-order valence-corrected chi connectivity index (χ4v) is 4.77. The summed E-state index contributed by atoms with van der Waals surface area (Å²) in [6.07, 6.45) is 3.39. The van der Waals surface area contributed by atoms with Crippen molar-refractivity contribution in [2.45, 2.75) is 30.0 Å². The first-order valence-corrected chi connectivity index (χ1v) is 7.89. The topological polar surface area (TPSA) is 62.3 Å². The molecule has 1 N–H and O–H groups in total. The molecule has 1 fully saturated rings. The van der Waals surface area contributed by atoms with Gasteiger partial charge in [0.15, 0.2) is 4.21 Å². The number of hydrogen-bond donors (Lipinski definition) is 1. The molecule has 1 aromatic rings. The second kappa shape index (κ2) is 6.29. The number of rotatable bonds is 3. The molecule has 8 heteroatoms. The minimum absolute atomic E-state index is 0. The molecule has 0 radical (unpaired) electrons. The van der Waals surface area contributed by atoms with Gasteiger partial charge in [-0.05, 0) is 26.8 Å². The summed E-state index contributed by atoms with van der Waals surface area (Å²) in [5.41, 5.74) is 0. The molecule has 5 nitrogen and oxygen atoms in total. The molecule has 104 valence electrons. The van der Waals surface area contributed by atoms with E-state index in [1.165, 1.54) is 17.5 Å². The zero-order valence-electron chi connectivity index (χ0n) is 10.4. The molecule has 2 rings (SSSR count). The van der Waals surface area contributed by atoms with Crippen molar-refractivity contribution in [3.8, 4) is 0 Å². The van der Waals surface area contributed by atoms with Gasteiger partial charge in [-0.3, -0.25) is 0 Å². The third-order valence-corrected chi connectivity index (χ3v) is 6.20. The highest BCUT2D eigenvalue weighted by molar-refractivity contribution is 7.91. The first-order valence-electron chi connectivity index (χ1n) is 5.64. The molecule has 0 aliphatic carbocycles. The van der Waals surface area contributed by atoms with Crippen molar-refractivity contribution in [1.29, 1.82) is 0 Å². The molecule has 1 unspecified atom stereocenters. The summed E-state index contributed by atoms with van der Waals surface area (Å²) < 4.78 is 26.6. The fraction of sp³-hybridized carbons (Fsp3) is 0.700. The van der Waals surface area contributed by atoms with E-state index in [9.17, 15) is 8.42 Å². The van der Waals surface area contributed by atoms with Gasteiger partial charge < -0.3 is 5.32 Å². The van der Waals surface area contributed by atoms with Crippen LogP contribution in [0.3, 0.4) is 0 Å². The van der Waals surface area contributed by atoms with Crippen LogP contribution < -0.4 is 5.32 Å². The summed E-state index contributed by atoms with van der Waals surface area (Å²) in [5.74, 6) is 0. The van der Waals surface area contributed by atoms with Gasteiger partial charge in [-0.1, -0.05) is 0 Å². The molecule has 0 amide bonds. The van der Waals surface area contributed by atoms with Crippen LogP contribution in [0.5, 0.6) is 0 Å². The van der Waals surface area contributed by atoms with E-state index in [0.717, 1.165) is 17.8 Å². The minimum atomic E-state index is -3.33. The molecule has 18 heavy (non-hydrogen) atoms. The highest BCUT2D eigenvalue weighted by Crippen LogP contribution is 2.24. The van der Waals surface area contributed by atoms with Gasteiger partial charge >= 0.3 is 0 Å². The van der Waals surface area contributed by atoms with Crippen LogP contribution in [-0.4, -0.2) is 43.9 Å². The van der Waals surface area contributed by atoms with Gasteiger partial charge in [-0.25, -0.2) is 13.4 Å². The van der Waals surface area contributed by atoms with Crippen LogP contribution in [-0.2, 0) is 10.0 Å². The quantitative estimate of drug-likeness (QED) is 0.912. The Morgan fingerprint density at radius 2 is 2.28 bits per heavy atom. The van der Waals surface area contributed by atoms with E-state index in [0.29, 0.717) is 17.3 Å². The van der Waals surface area contributed by atoms with Gasteiger partial charge in [0.1, 0.15) is 0 Å². The SMILES string of the molecule is CNC1CCCN(S(=O)(=O)c2cnc(C)s2)C1.Cl. The molecule has 0 saturated carbocycles. The second-order valence-corrected chi connectivity index (χ2v) is 7.59. The van der Waals surface area contributed by atoms with E-state index < -0.39 is 10.0 Å². The standard InChI is InChI=1S/C10H17N3O2S2.ClH/c1-8-12-6-10(16-8)17(14,15)13-5-3-4-9(7-13)11-2;/h6,9,11H,3-5,7H2,1-2H3;1H. The Hall–Kier alpha value is -0.210. The Balaban J connectivity index is 0.00000162. The lowest BCUT2D eigenvalue weighted by Crippen LogP contribution is -2.46. The number of likely N-dealkylation sites (N-methyl/N-ethyl adjacent to an activating group) is 1. The Kier molecular flexibility index (Phi) is 5.54. The molecule has 1 atom stereocenters. The molecule has 1 aliphatic heterocycles. The van der Waals surface area contributed by atoms with Crippen molar-refractivity contribution in [3.63, 3.8) is 0 Å². The largest absolute Gasteiger partial charge is 0.316 e. The summed E-state index contributed by atoms with van der Waals surface area (Å²) in [7, 11) is -1.46. The van der Waals surface area contributed by atoms with Gasteiger partial charge in [-0.15, -0.1) is 23.7 Å². The van der Waals surface area contributed by atoms with Crippen molar-refractivity contribution in [2.75, 3.05) is 20.1 Å². The van der Waals surface area contributed by atoms with Crippen LogP contribution in [0, 0.1) is 6.92 Å². The fourth-order valence-electron chi connectivity index (χ4n) is 1.98. The average Bonchev–Trinajstić information content (AvgIpc) is 2.76.